The summed E-state index contributed by atoms with van der Waals surface area (Å²) in [4.78, 5) is 11.8. The molecule has 43 heavy (non-hydrogen) atoms. The van der Waals surface area contributed by atoms with E-state index in [1.165, 1.54) is 12.1 Å². The highest BCUT2D eigenvalue weighted by atomic mass is 16.5. The van der Waals surface area contributed by atoms with Crippen LogP contribution in [-0.4, -0.2) is 31.8 Å². The molecule has 5 aromatic rings. The number of aldehydes is 1. The van der Waals surface area contributed by atoms with Crippen molar-refractivity contribution < 1.29 is 39.8 Å². The first-order valence-electron chi connectivity index (χ1n) is 13.7. The fourth-order valence-electron chi connectivity index (χ4n) is 6.35. The summed E-state index contributed by atoms with van der Waals surface area (Å²) in [5.41, 5.74) is 4.65. The van der Waals surface area contributed by atoms with E-state index in [1.54, 1.807) is 84.9 Å². The third kappa shape index (κ3) is 4.53. The van der Waals surface area contributed by atoms with E-state index >= 15 is 0 Å². The van der Waals surface area contributed by atoms with Crippen molar-refractivity contribution >= 4 is 6.29 Å². The van der Waals surface area contributed by atoms with Crippen LogP contribution in [0.15, 0.2) is 97.1 Å². The van der Waals surface area contributed by atoms with Crippen molar-refractivity contribution in [3.8, 4) is 40.2 Å². The number of benzene rings is 5. The second kappa shape index (κ2) is 10.0. The summed E-state index contributed by atoms with van der Waals surface area (Å²) < 4.78 is 13.0. The third-order valence-corrected chi connectivity index (χ3v) is 8.15. The molecule has 2 aliphatic heterocycles. The molecular formula is C35H26O8. The van der Waals surface area contributed by atoms with Crippen LogP contribution in [0.2, 0.25) is 0 Å². The molecule has 2 heterocycles. The van der Waals surface area contributed by atoms with E-state index in [-0.39, 0.29) is 28.7 Å². The largest absolute Gasteiger partial charge is 0.508 e. The summed E-state index contributed by atoms with van der Waals surface area (Å²) in [6.45, 7) is 0. The highest BCUT2D eigenvalue weighted by Gasteiger charge is 2.45. The third-order valence-electron chi connectivity index (χ3n) is 8.15. The van der Waals surface area contributed by atoms with Gasteiger partial charge in [-0.1, -0.05) is 24.3 Å². The molecule has 0 saturated carbocycles. The Morgan fingerprint density at radius 1 is 0.488 bits per heavy atom. The van der Waals surface area contributed by atoms with Gasteiger partial charge in [-0.05, 0) is 82.9 Å². The number of phenols is 5. The Bertz CT molecular complexity index is 1840. The Morgan fingerprint density at radius 2 is 1.05 bits per heavy atom. The highest BCUT2D eigenvalue weighted by Crippen LogP contribution is 2.58. The van der Waals surface area contributed by atoms with Crippen LogP contribution in [0.3, 0.4) is 0 Å². The van der Waals surface area contributed by atoms with Gasteiger partial charge in [0.2, 0.25) is 0 Å². The Kier molecular flexibility index (Phi) is 6.13. The van der Waals surface area contributed by atoms with Gasteiger partial charge < -0.3 is 35.0 Å². The Labute approximate surface area is 246 Å². The van der Waals surface area contributed by atoms with Gasteiger partial charge in [-0.2, -0.15) is 0 Å². The molecule has 0 bridgehead atoms. The Balaban J connectivity index is 1.48. The average molecular weight is 575 g/mol. The van der Waals surface area contributed by atoms with Crippen LogP contribution in [-0.2, 0) is 0 Å². The van der Waals surface area contributed by atoms with Gasteiger partial charge in [-0.15, -0.1) is 0 Å². The fourth-order valence-corrected chi connectivity index (χ4v) is 6.35. The van der Waals surface area contributed by atoms with Gasteiger partial charge >= 0.3 is 0 Å². The van der Waals surface area contributed by atoms with Crippen LogP contribution in [0.4, 0.5) is 0 Å². The minimum absolute atomic E-state index is 0.0398. The molecule has 0 spiro atoms. The summed E-state index contributed by atoms with van der Waals surface area (Å²) in [7, 11) is 0. The number of rotatable bonds is 5. The van der Waals surface area contributed by atoms with E-state index in [1.807, 2.05) is 0 Å². The molecule has 8 heteroatoms. The summed E-state index contributed by atoms with van der Waals surface area (Å²) in [5, 5.41) is 51.9. The lowest BCUT2D eigenvalue weighted by atomic mass is 9.76. The van der Waals surface area contributed by atoms with Crippen molar-refractivity contribution in [3.63, 3.8) is 0 Å². The predicted molar refractivity (Wildman–Crippen MR) is 156 cm³/mol. The average Bonchev–Trinajstić information content (AvgIpc) is 3.55. The van der Waals surface area contributed by atoms with Gasteiger partial charge in [0.05, 0.1) is 11.8 Å². The minimum atomic E-state index is -0.646. The molecule has 1 unspecified atom stereocenters. The number of ether oxygens (including phenoxy) is 2. The highest BCUT2D eigenvalue weighted by molar-refractivity contribution is 5.76. The van der Waals surface area contributed by atoms with E-state index in [0.717, 1.165) is 23.0 Å². The molecule has 7 rings (SSSR count). The van der Waals surface area contributed by atoms with Gasteiger partial charge in [-0.25, -0.2) is 0 Å². The first-order valence-corrected chi connectivity index (χ1v) is 13.7. The van der Waals surface area contributed by atoms with Crippen LogP contribution in [0, 0.1) is 0 Å². The van der Waals surface area contributed by atoms with Gasteiger partial charge in [0.25, 0.3) is 0 Å². The van der Waals surface area contributed by atoms with E-state index in [9.17, 15) is 30.3 Å². The van der Waals surface area contributed by atoms with Crippen molar-refractivity contribution in [3.05, 3.63) is 136 Å². The predicted octanol–water partition coefficient (Wildman–Crippen LogP) is 6.56. The van der Waals surface area contributed by atoms with Crippen molar-refractivity contribution in [1.82, 2.24) is 0 Å². The molecular weight excluding hydrogens is 548 g/mol. The standard InChI is InChI=1S/C35H26O8/c36-17-18-1-10-29-27(11-18)32(35(42-29)20-4-8-23(38)9-5-20)28-15-26(41)16-30-33(28)31(21-12-24(39)14-25(40)13-21)34(43-30)19-2-6-22(37)7-3-19/h1-17,31-32,34-35,37-41H/t31-,32?,34+,35-/m0/s1. The number of aromatic hydroxyl groups is 5. The quantitative estimate of drug-likeness (QED) is 0.149. The zero-order valence-electron chi connectivity index (χ0n) is 22.6. The van der Waals surface area contributed by atoms with Crippen LogP contribution in [0.5, 0.6) is 40.2 Å². The first kappa shape index (κ1) is 26.3. The van der Waals surface area contributed by atoms with E-state index < -0.39 is 24.0 Å². The summed E-state index contributed by atoms with van der Waals surface area (Å²) in [6.07, 6.45) is -0.470. The molecule has 0 aliphatic carbocycles. The molecule has 0 fully saturated rings. The van der Waals surface area contributed by atoms with Gasteiger partial charge in [0.15, 0.2) is 0 Å². The van der Waals surface area contributed by atoms with Crippen molar-refractivity contribution in [2.45, 2.75) is 24.0 Å². The molecule has 0 aromatic heterocycles. The Hall–Kier alpha value is -5.63. The van der Waals surface area contributed by atoms with Crippen molar-refractivity contribution in [2.24, 2.45) is 0 Å². The summed E-state index contributed by atoms with van der Waals surface area (Å²) >= 11 is 0. The number of phenolic OH excluding ortho intramolecular Hbond substituents is 5. The fraction of sp³-hybridized carbons (Fsp3) is 0.114. The number of hydrogen-bond donors (Lipinski definition) is 5. The first-order chi connectivity index (χ1) is 20.8. The summed E-state index contributed by atoms with van der Waals surface area (Å²) in [5.74, 6) is -0.194. The SMILES string of the molecule is O=Cc1ccc2c(c1)C(c1cc(O)cc3c1[C@H](c1cc(O)cc(O)c1)[C@@H](c1ccc(O)cc1)O3)[C@H](c1ccc(O)cc1)O2. The molecule has 5 N–H and O–H groups in total. The second-order valence-electron chi connectivity index (χ2n) is 10.9. The lowest BCUT2D eigenvalue weighted by Crippen LogP contribution is -2.16. The van der Waals surface area contributed by atoms with E-state index in [2.05, 4.69) is 0 Å². The zero-order chi connectivity index (χ0) is 29.8. The lowest BCUT2D eigenvalue weighted by Gasteiger charge is -2.26. The molecule has 4 atom stereocenters. The summed E-state index contributed by atoms with van der Waals surface area (Å²) in [6, 6.07) is 26.0. The lowest BCUT2D eigenvalue weighted by molar-refractivity contribution is 0.112. The number of fused-ring (bicyclic) bond motifs is 2. The molecule has 0 radical (unpaired) electrons. The normalized spacial score (nSPS) is 20.1. The maximum Gasteiger partial charge on any atom is 0.150 e. The van der Waals surface area contributed by atoms with Gasteiger partial charge in [0, 0.05) is 28.8 Å². The van der Waals surface area contributed by atoms with Crippen LogP contribution >= 0.6 is 0 Å². The van der Waals surface area contributed by atoms with Gasteiger partial charge in [-0.3, -0.25) is 4.79 Å². The second-order valence-corrected chi connectivity index (χ2v) is 10.9. The zero-order valence-corrected chi connectivity index (χ0v) is 22.6. The smallest absolute Gasteiger partial charge is 0.150 e. The molecule has 8 nitrogen and oxygen atoms in total. The number of carbonyl (C=O) groups excluding carboxylic acids is 1. The van der Waals surface area contributed by atoms with Gasteiger partial charge in [0.1, 0.15) is 58.7 Å². The maximum absolute atomic E-state index is 11.8. The molecule has 2 aliphatic rings. The molecule has 0 amide bonds. The van der Waals surface area contributed by atoms with Crippen molar-refractivity contribution in [2.75, 3.05) is 0 Å². The van der Waals surface area contributed by atoms with Crippen LogP contribution in [0.25, 0.3) is 0 Å². The molecule has 0 saturated heterocycles. The van der Waals surface area contributed by atoms with E-state index in [0.29, 0.717) is 33.8 Å². The topological polar surface area (TPSA) is 137 Å². The minimum Gasteiger partial charge on any atom is -0.508 e. The molecule has 214 valence electrons. The number of carbonyl (C=O) groups is 1. The molecule has 5 aromatic carbocycles. The van der Waals surface area contributed by atoms with Crippen molar-refractivity contribution in [1.29, 1.82) is 0 Å². The maximum atomic E-state index is 11.8. The van der Waals surface area contributed by atoms with Crippen LogP contribution < -0.4 is 9.47 Å². The Morgan fingerprint density at radius 3 is 1.65 bits per heavy atom. The monoisotopic (exact) mass is 574 g/mol. The number of hydrogen-bond acceptors (Lipinski definition) is 8. The van der Waals surface area contributed by atoms with Crippen LogP contribution in [0.1, 0.15) is 67.8 Å². The van der Waals surface area contributed by atoms with E-state index in [4.69, 9.17) is 9.47 Å².